The van der Waals surface area contributed by atoms with Crippen molar-refractivity contribution in [1.29, 1.82) is 0 Å². The summed E-state index contributed by atoms with van der Waals surface area (Å²) in [6, 6.07) is 8.68. The van der Waals surface area contributed by atoms with E-state index in [4.69, 9.17) is 28.9 Å². The summed E-state index contributed by atoms with van der Waals surface area (Å²) in [7, 11) is 0. The second-order valence-corrected chi connectivity index (χ2v) is 4.01. The number of halogens is 2. The Balaban J connectivity index is 2.34. The zero-order valence-corrected chi connectivity index (χ0v) is 9.76. The molecule has 3 N–H and O–H groups in total. The second kappa shape index (κ2) is 4.60. The van der Waals surface area contributed by atoms with Crippen LogP contribution in [0, 0.1) is 0 Å². The average molecular weight is 254 g/mol. The van der Waals surface area contributed by atoms with Gasteiger partial charge < -0.3 is 11.1 Å². The second-order valence-electron chi connectivity index (χ2n) is 3.20. The lowest BCUT2D eigenvalue weighted by Gasteiger charge is -2.09. The molecule has 0 atom stereocenters. The van der Waals surface area contributed by atoms with E-state index in [9.17, 15) is 0 Å². The number of pyridine rings is 1. The monoisotopic (exact) mass is 253 g/mol. The Kier molecular flexibility index (Phi) is 3.17. The summed E-state index contributed by atoms with van der Waals surface area (Å²) in [5, 5.41) is 4.12. The zero-order valence-electron chi connectivity index (χ0n) is 8.24. The Morgan fingerprint density at radius 2 is 1.94 bits per heavy atom. The standard InChI is InChI=1S/C11H9Cl2N3/c12-8-4-3-7(14)6-10(8)16-11-9(13)2-1-5-15-11/h1-6H,14H2,(H,15,16). The number of nitrogens with one attached hydrogen (secondary N) is 1. The van der Waals surface area contributed by atoms with E-state index < -0.39 is 0 Å². The number of aromatic nitrogens is 1. The van der Waals surface area contributed by atoms with Crippen LogP contribution in [-0.2, 0) is 0 Å². The Bertz CT molecular complexity index is 514. The van der Waals surface area contributed by atoms with Gasteiger partial charge in [-0.1, -0.05) is 23.2 Å². The Morgan fingerprint density at radius 1 is 1.12 bits per heavy atom. The highest BCUT2D eigenvalue weighted by Crippen LogP contribution is 2.29. The molecular formula is C11H9Cl2N3. The molecule has 0 amide bonds. The summed E-state index contributed by atoms with van der Waals surface area (Å²) in [5.74, 6) is 0.552. The molecule has 0 aliphatic rings. The van der Waals surface area contributed by atoms with Gasteiger partial charge >= 0.3 is 0 Å². The third kappa shape index (κ3) is 2.38. The van der Waals surface area contributed by atoms with Crippen molar-refractivity contribution in [3.05, 3.63) is 46.6 Å². The van der Waals surface area contributed by atoms with Crippen LogP contribution in [-0.4, -0.2) is 4.98 Å². The third-order valence-corrected chi connectivity index (χ3v) is 2.64. The van der Waals surface area contributed by atoms with Crippen molar-refractivity contribution in [2.24, 2.45) is 0 Å². The van der Waals surface area contributed by atoms with Gasteiger partial charge in [0.05, 0.1) is 15.7 Å². The molecule has 5 heteroatoms. The van der Waals surface area contributed by atoms with Crippen LogP contribution in [0.2, 0.25) is 10.0 Å². The smallest absolute Gasteiger partial charge is 0.149 e. The van der Waals surface area contributed by atoms with Crippen molar-refractivity contribution in [3.63, 3.8) is 0 Å². The van der Waals surface area contributed by atoms with Crippen molar-refractivity contribution < 1.29 is 0 Å². The lowest BCUT2D eigenvalue weighted by atomic mass is 10.3. The fourth-order valence-corrected chi connectivity index (χ4v) is 1.58. The highest BCUT2D eigenvalue weighted by atomic mass is 35.5. The number of benzene rings is 1. The number of hydrogen-bond donors (Lipinski definition) is 2. The molecule has 0 saturated carbocycles. The van der Waals surface area contributed by atoms with Crippen LogP contribution in [0.1, 0.15) is 0 Å². The van der Waals surface area contributed by atoms with E-state index >= 15 is 0 Å². The van der Waals surface area contributed by atoms with Crippen LogP contribution >= 0.6 is 23.2 Å². The van der Waals surface area contributed by atoms with Crippen molar-refractivity contribution in [2.45, 2.75) is 0 Å². The van der Waals surface area contributed by atoms with Crippen molar-refractivity contribution >= 4 is 40.4 Å². The number of nitrogens with zero attached hydrogens (tertiary/aromatic N) is 1. The molecule has 2 aromatic rings. The predicted molar refractivity (Wildman–Crippen MR) is 68.4 cm³/mol. The maximum absolute atomic E-state index is 6.01. The number of hydrogen-bond acceptors (Lipinski definition) is 3. The number of rotatable bonds is 2. The topological polar surface area (TPSA) is 50.9 Å². The summed E-state index contributed by atoms with van der Waals surface area (Å²) in [6.45, 7) is 0. The third-order valence-electron chi connectivity index (χ3n) is 2.00. The van der Waals surface area contributed by atoms with Crippen LogP contribution in [0.4, 0.5) is 17.2 Å². The molecule has 0 fully saturated rings. The summed E-state index contributed by atoms with van der Waals surface area (Å²) in [5.41, 5.74) is 6.97. The Hall–Kier alpha value is -1.45. The molecule has 0 aliphatic heterocycles. The van der Waals surface area contributed by atoms with Gasteiger partial charge in [-0.3, -0.25) is 0 Å². The first-order valence-corrected chi connectivity index (χ1v) is 5.35. The van der Waals surface area contributed by atoms with E-state index in [2.05, 4.69) is 10.3 Å². The lowest BCUT2D eigenvalue weighted by molar-refractivity contribution is 1.31. The molecule has 1 heterocycles. The number of nitrogen functional groups attached to an aromatic ring is 1. The number of anilines is 3. The number of nitrogens with two attached hydrogens (primary N) is 1. The Morgan fingerprint density at radius 3 is 2.69 bits per heavy atom. The summed E-state index contributed by atoms with van der Waals surface area (Å²) >= 11 is 12.0. The van der Waals surface area contributed by atoms with Crippen molar-refractivity contribution in [2.75, 3.05) is 11.1 Å². The maximum atomic E-state index is 6.01. The summed E-state index contributed by atoms with van der Waals surface area (Å²) in [6.07, 6.45) is 1.65. The van der Waals surface area contributed by atoms with Crippen LogP contribution in [0.3, 0.4) is 0 Å². The minimum absolute atomic E-state index is 0.529. The lowest BCUT2D eigenvalue weighted by Crippen LogP contribution is -1.96. The highest BCUT2D eigenvalue weighted by Gasteiger charge is 2.04. The maximum Gasteiger partial charge on any atom is 0.149 e. The molecule has 0 unspecified atom stereocenters. The molecule has 16 heavy (non-hydrogen) atoms. The quantitative estimate of drug-likeness (QED) is 0.803. The fourth-order valence-electron chi connectivity index (χ4n) is 1.24. The first-order valence-electron chi connectivity index (χ1n) is 4.59. The van der Waals surface area contributed by atoms with Gasteiger partial charge in [0.2, 0.25) is 0 Å². The molecule has 2 rings (SSSR count). The first kappa shape index (κ1) is 11.0. The van der Waals surface area contributed by atoms with Gasteiger partial charge in [-0.2, -0.15) is 0 Å². The molecule has 1 aromatic carbocycles. The van der Waals surface area contributed by atoms with Gasteiger partial charge in [0.1, 0.15) is 5.82 Å². The van der Waals surface area contributed by atoms with E-state index in [0.29, 0.717) is 27.2 Å². The fraction of sp³-hybridized carbons (Fsp3) is 0. The van der Waals surface area contributed by atoms with Gasteiger partial charge in [0.25, 0.3) is 0 Å². The molecule has 0 spiro atoms. The van der Waals surface area contributed by atoms with Gasteiger partial charge in [0, 0.05) is 11.9 Å². The van der Waals surface area contributed by atoms with E-state index in [-0.39, 0.29) is 0 Å². The van der Waals surface area contributed by atoms with Crippen LogP contribution < -0.4 is 11.1 Å². The summed E-state index contributed by atoms with van der Waals surface area (Å²) < 4.78 is 0. The van der Waals surface area contributed by atoms with Gasteiger partial charge in [-0.15, -0.1) is 0 Å². The van der Waals surface area contributed by atoms with E-state index in [1.165, 1.54) is 0 Å². The van der Waals surface area contributed by atoms with Crippen molar-refractivity contribution in [3.8, 4) is 0 Å². The first-order chi connectivity index (χ1) is 7.66. The SMILES string of the molecule is Nc1ccc(Cl)c(Nc2ncccc2Cl)c1. The van der Waals surface area contributed by atoms with E-state index in [1.54, 1.807) is 36.5 Å². The average Bonchev–Trinajstić information content (AvgIpc) is 2.27. The molecule has 82 valence electrons. The van der Waals surface area contributed by atoms with Gasteiger partial charge in [0.15, 0.2) is 0 Å². The van der Waals surface area contributed by atoms with E-state index in [1.807, 2.05) is 0 Å². The van der Waals surface area contributed by atoms with Gasteiger partial charge in [-0.05, 0) is 30.3 Å². The van der Waals surface area contributed by atoms with Crippen molar-refractivity contribution in [1.82, 2.24) is 4.98 Å². The largest absolute Gasteiger partial charge is 0.399 e. The zero-order chi connectivity index (χ0) is 11.5. The van der Waals surface area contributed by atoms with Crippen LogP contribution in [0.5, 0.6) is 0 Å². The summed E-state index contributed by atoms with van der Waals surface area (Å²) in [4.78, 5) is 4.10. The Labute approximate surface area is 103 Å². The molecular weight excluding hydrogens is 245 g/mol. The molecule has 0 bridgehead atoms. The highest BCUT2D eigenvalue weighted by molar-refractivity contribution is 6.34. The van der Waals surface area contributed by atoms with E-state index in [0.717, 1.165) is 0 Å². The molecule has 0 saturated heterocycles. The molecule has 3 nitrogen and oxygen atoms in total. The normalized spacial score (nSPS) is 10.1. The molecule has 0 aliphatic carbocycles. The van der Waals surface area contributed by atoms with Crippen LogP contribution in [0.15, 0.2) is 36.5 Å². The molecule has 0 radical (unpaired) electrons. The van der Waals surface area contributed by atoms with Gasteiger partial charge in [-0.25, -0.2) is 4.98 Å². The molecule has 1 aromatic heterocycles. The minimum Gasteiger partial charge on any atom is -0.399 e. The minimum atomic E-state index is 0.529. The predicted octanol–water partition coefficient (Wildman–Crippen LogP) is 3.71. The van der Waals surface area contributed by atoms with Crippen LogP contribution in [0.25, 0.3) is 0 Å².